The highest BCUT2D eigenvalue weighted by atomic mass is 32.2. The van der Waals surface area contributed by atoms with Crippen molar-refractivity contribution in [2.75, 3.05) is 5.75 Å². The van der Waals surface area contributed by atoms with Crippen LogP contribution in [0, 0.1) is 27.7 Å². The maximum Gasteiger partial charge on any atom is 0.426 e. The minimum atomic E-state index is -5.09. The van der Waals surface area contributed by atoms with E-state index in [1.54, 1.807) is 11.4 Å². The smallest absolute Gasteiger partial charge is 0.254 e. The van der Waals surface area contributed by atoms with Crippen molar-refractivity contribution < 1.29 is 21.8 Å². The topological polar surface area (TPSA) is 65.1 Å². The van der Waals surface area contributed by atoms with E-state index in [4.69, 9.17) is 0 Å². The summed E-state index contributed by atoms with van der Waals surface area (Å²) < 4.78 is 70.1. The van der Waals surface area contributed by atoms with Gasteiger partial charge in [-0.1, -0.05) is 6.92 Å². The number of rotatable bonds is 4. The Balaban J connectivity index is 1.99. The predicted octanol–water partition coefficient (Wildman–Crippen LogP) is 5.18. The Kier molecular flexibility index (Phi) is 5.38. The number of nitrogens with zero attached hydrogens (tertiary/aromatic N) is 5. The molecule has 11 heteroatoms. The molecule has 33 heavy (non-hydrogen) atoms. The average Bonchev–Trinajstić information content (AvgIpc) is 3.36. The highest BCUT2D eigenvalue weighted by molar-refractivity contribution is 7.85. The van der Waals surface area contributed by atoms with Crippen molar-refractivity contribution in [2.45, 2.75) is 58.3 Å². The number of hydrogen-bond donors (Lipinski definition) is 0. The number of aromatic nitrogens is 5. The minimum Gasteiger partial charge on any atom is -0.254 e. The number of pyridine rings is 2. The van der Waals surface area contributed by atoms with Crippen molar-refractivity contribution in [3.63, 3.8) is 0 Å². The van der Waals surface area contributed by atoms with Gasteiger partial charge in [-0.3, -0.25) is 9.19 Å². The van der Waals surface area contributed by atoms with Gasteiger partial charge in [0.05, 0.1) is 22.5 Å². The first-order valence-corrected chi connectivity index (χ1v) is 11.6. The third-order valence-electron chi connectivity index (χ3n) is 6.30. The van der Waals surface area contributed by atoms with E-state index in [2.05, 4.69) is 15.2 Å². The Hall–Kier alpha value is -2.82. The molecule has 0 saturated heterocycles. The van der Waals surface area contributed by atoms with Gasteiger partial charge in [-0.2, -0.15) is 18.3 Å². The Morgan fingerprint density at radius 3 is 2.27 bits per heavy atom. The Morgan fingerprint density at radius 1 is 1.00 bits per heavy atom. The number of alkyl halides is 4. The van der Waals surface area contributed by atoms with Crippen LogP contribution in [0.4, 0.5) is 17.6 Å². The van der Waals surface area contributed by atoms with Crippen molar-refractivity contribution in [3.05, 3.63) is 46.4 Å². The number of fused-ring (bicyclic) bond motifs is 2. The molecule has 4 rings (SSSR count). The van der Waals surface area contributed by atoms with E-state index in [9.17, 15) is 21.8 Å². The summed E-state index contributed by atoms with van der Waals surface area (Å²) in [7, 11) is -1.40. The molecule has 0 bridgehead atoms. The summed E-state index contributed by atoms with van der Waals surface area (Å²) in [6.45, 7) is 10.1. The van der Waals surface area contributed by atoms with E-state index >= 15 is 0 Å². The van der Waals surface area contributed by atoms with Gasteiger partial charge in [0.25, 0.3) is 0 Å². The fourth-order valence-electron chi connectivity index (χ4n) is 3.79. The fourth-order valence-corrected chi connectivity index (χ4v) is 4.87. The lowest BCUT2D eigenvalue weighted by Gasteiger charge is -2.23. The van der Waals surface area contributed by atoms with Crippen LogP contribution in [-0.4, -0.2) is 40.5 Å². The largest absolute Gasteiger partial charge is 0.426 e. The lowest BCUT2D eigenvalue weighted by molar-refractivity contribution is -0.228. The molecule has 2 unspecified atom stereocenters. The molecule has 0 aliphatic rings. The molecule has 0 radical (unpaired) electrons. The molecule has 0 N–H and O–H groups in total. The Bertz CT molecular complexity index is 1430. The number of aryl methyl sites for hydroxylation is 2. The zero-order chi connectivity index (χ0) is 24.5. The standard InChI is InChI=1S/C22H23F4N5OS/c1-7-33(32)19-18-13(4)11(2)12(3)14(5)31(18)29-20(19)30-10-17-16(28-30)8-15(9-27-17)21(6,23)22(24,25)26/h8-10H,7H2,1-6H3. The molecule has 2 atom stereocenters. The van der Waals surface area contributed by atoms with E-state index in [1.165, 1.54) is 10.9 Å². The van der Waals surface area contributed by atoms with E-state index in [0.717, 1.165) is 34.6 Å². The molecule has 0 aromatic carbocycles. The first-order chi connectivity index (χ1) is 15.3. The molecular formula is C22H23F4N5OS. The number of halogens is 4. The lowest BCUT2D eigenvalue weighted by Crippen LogP contribution is -2.35. The molecule has 0 fully saturated rings. The summed E-state index contributed by atoms with van der Waals surface area (Å²) in [6, 6.07) is 1.03. The highest BCUT2D eigenvalue weighted by Crippen LogP contribution is 2.42. The predicted molar refractivity (Wildman–Crippen MR) is 118 cm³/mol. The van der Waals surface area contributed by atoms with Crippen molar-refractivity contribution in [1.29, 1.82) is 0 Å². The van der Waals surface area contributed by atoms with E-state index in [-0.39, 0.29) is 11.0 Å². The Labute approximate surface area is 190 Å². The van der Waals surface area contributed by atoms with Crippen molar-refractivity contribution in [3.8, 4) is 5.82 Å². The number of hydrogen-bond acceptors (Lipinski definition) is 4. The minimum absolute atomic E-state index is 0.0757. The molecule has 4 aromatic heterocycles. The Morgan fingerprint density at radius 2 is 1.67 bits per heavy atom. The van der Waals surface area contributed by atoms with E-state index in [1.807, 2.05) is 27.7 Å². The second-order valence-corrected chi connectivity index (χ2v) is 9.89. The van der Waals surface area contributed by atoms with Crippen LogP contribution in [-0.2, 0) is 16.5 Å². The quantitative estimate of drug-likeness (QED) is 0.377. The van der Waals surface area contributed by atoms with Crippen LogP contribution in [0.2, 0.25) is 0 Å². The van der Waals surface area contributed by atoms with E-state index < -0.39 is 28.2 Å². The van der Waals surface area contributed by atoms with E-state index in [0.29, 0.717) is 28.9 Å². The summed E-state index contributed by atoms with van der Waals surface area (Å²) >= 11 is 0. The maximum atomic E-state index is 14.5. The van der Waals surface area contributed by atoms with Gasteiger partial charge >= 0.3 is 6.18 Å². The molecule has 0 spiro atoms. The van der Waals surface area contributed by atoms with Crippen molar-refractivity contribution in [1.82, 2.24) is 24.4 Å². The van der Waals surface area contributed by atoms with Crippen LogP contribution < -0.4 is 0 Å². The highest BCUT2D eigenvalue weighted by Gasteiger charge is 2.53. The SMILES string of the molecule is CCS(=O)c1c(-n2cc3ncc(C(C)(F)C(F)(F)F)cc3n2)nn2c(C)c(C)c(C)c(C)c12. The summed E-state index contributed by atoms with van der Waals surface area (Å²) in [6.07, 6.45) is -2.75. The normalized spacial score (nSPS) is 15.3. The first-order valence-electron chi connectivity index (χ1n) is 10.3. The van der Waals surface area contributed by atoms with Gasteiger partial charge in [-0.15, -0.1) is 5.10 Å². The average molecular weight is 482 g/mol. The summed E-state index contributed by atoms with van der Waals surface area (Å²) in [5.74, 6) is 0.638. The second kappa shape index (κ2) is 7.61. The van der Waals surface area contributed by atoms with Gasteiger partial charge < -0.3 is 0 Å². The molecule has 0 amide bonds. The van der Waals surface area contributed by atoms with Crippen molar-refractivity contribution >= 4 is 27.3 Å². The fraction of sp³-hybridized carbons (Fsp3) is 0.409. The van der Waals surface area contributed by atoms with Crippen LogP contribution in [0.3, 0.4) is 0 Å². The third-order valence-corrected chi connectivity index (χ3v) is 7.66. The van der Waals surface area contributed by atoms with Gasteiger partial charge in [0, 0.05) is 23.2 Å². The van der Waals surface area contributed by atoms with Gasteiger partial charge in [-0.25, -0.2) is 13.6 Å². The molecular weight excluding hydrogens is 458 g/mol. The van der Waals surface area contributed by atoms with Gasteiger partial charge in [0.2, 0.25) is 5.67 Å². The lowest BCUT2D eigenvalue weighted by atomic mass is 9.99. The zero-order valence-corrected chi connectivity index (χ0v) is 19.8. The molecule has 6 nitrogen and oxygen atoms in total. The van der Waals surface area contributed by atoms with Crippen LogP contribution in [0.15, 0.2) is 23.4 Å². The monoisotopic (exact) mass is 481 g/mol. The second-order valence-electron chi connectivity index (χ2n) is 8.21. The summed E-state index contributed by atoms with van der Waals surface area (Å²) in [4.78, 5) is 4.47. The van der Waals surface area contributed by atoms with Crippen LogP contribution in [0.5, 0.6) is 0 Å². The molecule has 4 heterocycles. The zero-order valence-electron chi connectivity index (χ0n) is 19.0. The van der Waals surface area contributed by atoms with Crippen LogP contribution in [0.1, 0.15) is 41.8 Å². The van der Waals surface area contributed by atoms with Crippen LogP contribution >= 0.6 is 0 Å². The van der Waals surface area contributed by atoms with Gasteiger partial charge in [0.15, 0.2) is 5.82 Å². The summed E-state index contributed by atoms with van der Waals surface area (Å²) in [5, 5.41) is 8.99. The van der Waals surface area contributed by atoms with Crippen molar-refractivity contribution in [2.24, 2.45) is 0 Å². The molecule has 0 aliphatic carbocycles. The van der Waals surface area contributed by atoms with Crippen LogP contribution in [0.25, 0.3) is 22.4 Å². The summed E-state index contributed by atoms with van der Waals surface area (Å²) in [5.41, 5.74) is 0.772. The van der Waals surface area contributed by atoms with Gasteiger partial charge in [0.1, 0.15) is 15.9 Å². The maximum absolute atomic E-state index is 14.5. The molecule has 0 saturated carbocycles. The van der Waals surface area contributed by atoms with Gasteiger partial charge in [-0.05, 0) is 57.4 Å². The first kappa shape index (κ1) is 23.3. The molecule has 176 valence electrons. The molecule has 4 aromatic rings. The third kappa shape index (κ3) is 3.44. The molecule has 0 aliphatic heterocycles.